The lowest BCUT2D eigenvalue weighted by Crippen LogP contribution is -2.30. The van der Waals surface area contributed by atoms with E-state index in [4.69, 9.17) is 14.2 Å². The molecule has 0 fully saturated rings. The molecule has 0 saturated carbocycles. The van der Waals surface area contributed by atoms with E-state index in [-0.39, 0.29) is 18.6 Å². The van der Waals surface area contributed by atoms with Crippen LogP contribution in [0.2, 0.25) is 0 Å². The second-order valence-electron chi connectivity index (χ2n) is 6.80. The van der Waals surface area contributed by atoms with Crippen LogP contribution in [0.3, 0.4) is 0 Å². The molecule has 2 aromatic rings. The van der Waals surface area contributed by atoms with Gasteiger partial charge in [0.1, 0.15) is 0 Å². The summed E-state index contributed by atoms with van der Waals surface area (Å²) in [6, 6.07) is 10.7. The lowest BCUT2D eigenvalue weighted by atomic mass is 9.98. The van der Waals surface area contributed by atoms with Crippen LogP contribution in [0, 0.1) is 6.92 Å². The van der Waals surface area contributed by atoms with Crippen LogP contribution in [0.15, 0.2) is 36.4 Å². The zero-order chi connectivity index (χ0) is 19.6. The molecule has 0 aliphatic carbocycles. The maximum Gasteiger partial charge on any atom is 0.339 e. The van der Waals surface area contributed by atoms with Crippen molar-refractivity contribution in [3.63, 3.8) is 0 Å². The molecule has 27 heavy (non-hydrogen) atoms. The number of hydrogen-bond acceptors (Lipinski definition) is 5. The fourth-order valence-corrected chi connectivity index (χ4v) is 2.87. The highest BCUT2D eigenvalue weighted by molar-refractivity contribution is 5.98. The number of benzene rings is 2. The van der Waals surface area contributed by atoms with E-state index in [1.54, 1.807) is 25.1 Å². The summed E-state index contributed by atoms with van der Waals surface area (Å²) in [7, 11) is 0. The van der Waals surface area contributed by atoms with Crippen LogP contribution in [0.1, 0.15) is 48.2 Å². The quantitative estimate of drug-likeness (QED) is 0.806. The van der Waals surface area contributed by atoms with E-state index >= 15 is 0 Å². The summed E-state index contributed by atoms with van der Waals surface area (Å²) in [4.78, 5) is 24.9. The summed E-state index contributed by atoms with van der Waals surface area (Å²) in [5.41, 5.74) is 3.07. The van der Waals surface area contributed by atoms with Crippen LogP contribution in [-0.2, 0) is 9.53 Å². The maximum absolute atomic E-state index is 12.6. The van der Waals surface area contributed by atoms with Gasteiger partial charge in [0, 0.05) is 5.69 Å². The zero-order valence-electron chi connectivity index (χ0n) is 15.9. The van der Waals surface area contributed by atoms with Crippen LogP contribution >= 0.6 is 0 Å². The van der Waals surface area contributed by atoms with Crippen LogP contribution in [0.5, 0.6) is 11.5 Å². The standard InChI is InChI=1S/C21H23NO5/c1-12(2)16-7-5-6-13(3)19(16)22-20(23)14(4)27-21(24)15-8-9-17-18(10-15)26-11-25-17/h5-10,12,14H,11H2,1-4H3,(H,22,23)/t14-/m0/s1. The van der Waals surface area contributed by atoms with Gasteiger partial charge in [0.2, 0.25) is 6.79 Å². The Labute approximate surface area is 158 Å². The second-order valence-corrected chi connectivity index (χ2v) is 6.80. The van der Waals surface area contributed by atoms with E-state index in [1.165, 1.54) is 0 Å². The van der Waals surface area contributed by atoms with Crippen molar-refractivity contribution in [3.05, 3.63) is 53.1 Å². The fourth-order valence-electron chi connectivity index (χ4n) is 2.87. The van der Waals surface area contributed by atoms with Crippen LogP contribution in [-0.4, -0.2) is 24.8 Å². The topological polar surface area (TPSA) is 73.9 Å². The molecule has 1 aliphatic heterocycles. The number of rotatable bonds is 5. The molecule has 1 amide bonds. The molecule has 2 aromatic carbocycles. The first-order valence-corrected chi connectivity index (χ1v) is 8.88. The number of carbonyl (C=O) groups is 2. The smallest absolute Gasteiger partial charge is 0.339 e. The Morgan fingerprint density at radius 2 is 1.81 bits per heavy atom. The molecule has 0 bridgehead atoms. The number of esters is 1. The fraction of sp³-hybridized carbons (Fsp3) is 0.333. The molecule has 1 heterocycles. The molecule has 1 atom stereocenters. The number of amides is 1. The largest absolute Gasteiger partial charge is 0.454 e. The molecular weight excluding hydrogens is 346 g/mol. The van der Waals surface area contributed by atoms with Crippen LogP contribution < -0.4 is 14.8 Å². The number of carbonyl (C=O) groups excluding carboxylic acids is 2. The lowest BCUT2D eigenvalue weighted by molar-refractivity contribution is -0.123. The maximum atomic E-state index is 12.6. The average molecular weight is 369 g/mol. The molecule has 142 valence electrons. The van der Waals surface area contributed by atoms with Gasteiger partial charge in [0.05, 0.1) is 5.56 Å². The van der Waals surface area contributed by atoms with Crippen LogP contribution in [0.25, 0.3) is 0 Å². The minimum absolute atomic E-state index is 0.126. The highest BCUT2D eigenvalue weighted by Gasteiger charge is 2.23. The Morgan fingerprint density at radius 3 is 2.56 bits per heavy atom. The predicted octanol–water partition coefficient (Wildman–Crippen LogP) is 4.03. The number of aryl methyl sites for hydroxylation is 1. The summed E-state index contributed by atoms with van der Waals surface area (Å²) in [6.07, 6.45) is -0.942. The van der Waals surface area contributed by atoms with Crippen molar-refractivity contribution in [2.24, 2.45) is 0 Å². The summed E-state index contributed by atoms with van der Waals surface area (Å²) >= 11 is 0. The van der Waals surface area contributed by atoms with Crippen molar-refractivity contribution in [2.45, 2.75) is 39.7 Å². The van der Waals surface area contributed by atoms with E-state index in [0.717, 1.165) is 16.8 Å². The minimum Gasteiger partial charge on any atom is -0.454 e. The van der Waals surface area contributed by atoms with Crippen molar-refractivity contribution in [1.29, 1.82) is 0 Å². The molecule has 6 heteroatoms. The van der Waals surface area contributed by atoms with E-state index in [2.05, 4.69) is 19.2 Å². The highest BCUT2D eigenvalue weighted by atomic mass is 16.7. The van der Waals surface area contributed by atoms with Crippen molar-refractivity contribution in [1.82, 2.24) is 0 Å². The molecule has 1 N–H and O–H groups in total. The van der Waals surface area contributed by atoms with Gasteiger partial charge in [0.15, 0.2) is 17.6 Å². The monoisotopic (exact) mass is 369 g/mol. The lowest BCUT2D eigenvalue weighted by Gasteiger charge is -2.19. The molecule has 0 saturated heterocycles. The number of ether oxygens (including phenoxy) is 3. The van der Waals surface area contributed by atoms with E-state index in [1.807, 2.05) is 25.1 Å². The molecule has 0 aromatic heterocycles. The van der Waals surface area contributed by atoms with E-state index < -0.39 is 12.1 Å². The Bertz CT molecular complexity index is 875. The number of anilines is 1. The predicted molar refractivity (Wildman–Crippen MR) is 101 cm³/mol. The summed E-state index contributed by atoms with van der Waals surface area (Å²) in [5.74, 6) is 0.359. The summed E-state index contributed by atoms with van der Waals surface area (Å²) < 4.78 is 15.8. The molecule has 6 nitrogen and oxygen atoms in total. The average Bonchev–Trinajstić information content (AvgIpc) is 3.10. The van der Waals surface area contributed by atoms with Gasteiger partial charge < -0.3 is 19.5 Å². The number of nitrogens with one attached hydrogen (secondary N) is 1. The van der Waals surface area contributed by atoms with Crippen LogP contribution in [0.4, 0.5) is 5.69 Å². The third kappa shape index (κ3) is 4.05. The van der Waals surface area contributed by atoms with E-state index in [0.29, 0.717) is 17.1 Å². The van der Waals surface area contributed by atoms with Crippen molar-refractivity contribution >= 4 is 17.6 Å². The summed E-state index contributed by atoms with van der Waals surface area (Å²) in [6.45, 7) is 7.74. The highest BCUT2D eigenvalue weighted by Crippen LogP contribution is 2.33. The van der Waals surface area contributed by atoms with Crippen molar-refractivity contribution < 1.29 is 23.8 Å². The Hall–Kier alpha value is -3.02. The van der Waals surface area contributed by atoms with Gasteiger partial charge in [-0.3, -0.25) is 4.79 Å². The van der Waals surface area contributed by atoms with Crippen molar-refractivity contribution in [3.8, 4) is 11.5 Å². The van der Waals surface area contributed by atoms with Gasteiger partial charge in [-0.2, -0.15) is 0 Å². The zero-order valence-corrected chi connectivity index (χ0v) is 15.9. The number of para-hydroxylation sites is 1. The van der Waals surface area contributed by atoms with E-state index in [9.17, 15) is 9.59 Å². The molecule has 3 rings (SSSR count). The van der Waals surface area contributed by atoms with Gasteiger partial charge in [-0.05, 0) is 49.1 Å². The number of hydrogen-bond donors (Lipinski definition) is 1. The number of fused-ring (bicyclic) bond motifs is 1. The molecule has 0 spiro atoms. The first kappa shape index (κ1) is 18.8. The van der Waals surface area contributed by atoms with Gasteiger partial charge in [0.25, 0.3) is 5.91 Å². The third-order valence-electron chi connectivity index (χ3n) is 4.44. The molecule has 0 unspecified atom stereocenters. The third-order valence-corrected chi connectivity index (χ3v) is 4.44. The molecule has 1 aliphatic rings. The normalized spacial score (nSPS) is 13.4. The summed E-state index contributed by atoms with van der Waals surface area (Å²) in [5, 5.41) is 2.90. The van der Waals surface area contributed by atoms with Gasteiger partial charge in [-0.1, -0.05) is 32.0 Å². The van der Waals surface area contributed by atoms with Gasteiger partial charge in [-0.15, -0.1) is 0 Å². The second kappa shape index (κ2) is 7.70. The Morgan fingerprint density at radius 1 is 1.07 bits per heavy atom. The first-order valence-electron chi connectivity index (χ1n) is 8.88. The Balaban J connectivity index is 1.69. The van der Waals surface area contributed by atoms with Gasteiger partial charge >= 0.3 is 5.97 Å². The Kier molecular flexibility index (Phi) is 5.35. The molecule has 0 radical (unpaired) electrons. The van der Waals surface area contributed by atoms with Crippen molar-refractivity contribution in [2.75, 3.05) is 12.1 Å². The first-order chi connectivity index (χ1) is 12.9. The SMILES string of the molecule is Cc1cccc(C(C)C)c1NC(=O)[C@H](C)OC(=O)c1ccc2c(c1)OCO2. The minimum atomic E-state index is -0.942. The van der Waals surface area contributed by atoms with Gasteiger partial charge in [-0.25, -0.2) is 4.79 Å². The molecular formula is C21H23NO5.